The van der Waals surface area contributed by atoms with Crippen LogP contribution in [0, 0.1) is 5.41 Å². The van der Waals surface area contributed by atoms with Crippen molar-refractivity contribution in [1.82, 2.24) is 0 Å². The third-order valence-corrected chi connectivity index (χ3v) is 11.4. The van der Waals surface area contributed by atoms with Gasteiger partial charge in [-0.3, -0.25) is 9.59 Å². The molecule has 1 rings (SSSR count). The molecule has 1 heterocycles. The van der Waals surface area contributed by atoms with E-state index in [1.54, 1.807) is 0 Å². The Morgan fingerprint density at radius 2 is 0.812 bits per heavy atom. The number of carbonyl (C=O) groups excluding carboxylic acids is 1. The summed E-state index contributed by atoms with van der Waals surface area (Å²) in [6.45, 7) is 8.80. The van der Waals surface area contributed by atoms with E-state index >= 15 is 0 Å². The summed E-state index contributed by atoms with van der Waals surface area (Å²) in [7, 11) is 0. The standard InChI is InChI=1S/C44H84O4/c1-5-9-13-15-17-19-21-23-25-27-29-31-33-35-38-43(42(46)47,37-11-7-3)41(45)44(39-12-8-4)40(48-44)36-34-32-30-28-26-24-22-20-18-16-14-10-6-2/h40H,5-39H2,1-4H3,(H,46,47). The molecule has 0 amide bonds. The second kappa shape index (κ2) is 29.8. The van der Waals surface area contributed by atoms with Gasteiger partial charge in [0.15, 0.2) is 11.4 Å². The zero-order valence-corrected chi connectivity index (χ0v) is 33.0. The van der Waals surface area contributed by atoms with Gasteiger partial charge < -0.3 is 9.84 Å². The van der Waals surface area contributed by atoms with Crippen LogP contribution in [0.15, 0.2) is 0 Å². The van der Waals surface area contributed by atoms with Crippen molar-refractivity contribution in [3.05, 3.63) is 0 Å². The Labute approximate surface area is 300 Å². The highest BCUT2D eigenvalue weighted by atomic mass is 16.6. The highest BCUT2D eigenvalue weighted by Gasteiger charge is 2.66. The normalized spacial score (nSPS) is 18.6. The largest absolute Gasteiger partial charge is 0.480 e. The molecule has 4 heteroatoms. The van der Waals surface area contributed by atoms with E-state index in [-0.39, 0.29) is 11.9 Å². The van der Waals surface area contributed by atoms with Gasteiger partial charge in [-0.2, -0.15) is 0 Å². The molecule has 0 radical (unpaired) electrons. The predicted octanol–water partition coefficient (Wildman–Crippen LogP) is 14.5. The van der Waals surface area contributed by atoms with Crippen LogP contribution in [-0.2, 0) is 14.3 Å². The molecule has 0 spiro atoms. The summed E-state index contributed by atoms with van der Waals surface area (Å²) in [6, 6.07) is 0. The molecule has 3 unspecified atom stereocenters. The topological polar surface area (TPSA) is 66.9 Å². The Hall–Kier alpha value is -0.900. The van der Waals surface area contributed by atoms with E-state index in [0.717, 1.165) is 57.8 Å². The van der Waals surface area contributed by atoms with Crippen LogP contribution in [0.25, 0.3) is 0 Å². The van der Waals surface area contributed by atoms with Gasteiger partial charge in [0.05, 0.1) is 6.10 Å². The summed E-state index contributed by atoms with van der Waals surface area (Å²) >= 11 is 0. The molecule has 0 saturated carbocycles. The zero-order chi connectivity index (χ0) is 35.2. The third kappa shape index (κ3) is 18.9. The van der Waals surface area contributed by atoms with Gasteiger partial charge in [0, 0.05) is 0 Å². The van der Waals surface area contributed by atoms with Gasteiger partial charge in [0.1, 0.15) is 5.41 Å². The Morgan fingerprint density at radius 3 is 1.19 bits per heavy atom. The number of epoxide rings is 1. The van der Waals surface area contributed by atoms with Crippen LogP contribution >= 0.6 is 0 Å². The SMILES string of the molecule is CCCCCCCCCCCCCCCCC(CCCC)(C(=O)O)C(=O)C1(CCCC)OC1CCCCCCCCCCCCCCC. The number of rotatable bonds is 38. The average Bonchev–Trinajstić information content (AvgIpc) is 3.80. The number of carbonyl (C=O) groups is 2. The lowest BCUT2D eigenvalue weighted by atomic mass is 9.68. The number of hydrogen-bond acceptors (Lipinski definition) is 3. The first-order valence-electron chi connectivity index (χ1n) is 21.9. The highest BCUT2D eigenvalue weighted by Crippen LogP contribution is 2.51. The lowest BCUT2D eigenvalue weighted by Crippen LogP contribution is -2.48. The van der Waals surface area contributed by atoms with E-state index in [2.05, 4.69) is 27.7 Å². The van der Waals surface area contributed by atoms with Crippen LogP contribution in [0.1, 0.15) is 252 Å². The fraction of sp³-hybridized carbons (Fsp3) is 0.955. The molecule has 0 aromatic carbocycles. The monoisotopic (exact) mass is 677 g/mol. The van der Waals surface area contributed by atoms with Crippen LogP contribution in [-0.4, -0.2) is 28.6 Å². The lowest BCUT2D eigenvalue weighted by molar-refractivity contribution is -0.158. The van der Waals surface area contributed by atoms with E-state index in [9.17, 15) is 14.7 Å². The number of aliphatic carboxylic acids is 1. The summed E-state index contributed by atoms with van der Waals surface area (Å²) in [5, 5.41) is 10.6. The first-order valence-corrected chi connectivity index (χ1v) is 21.9. The molecular formula is C44H84O4. The number of unbranched alkanes of at least 4 members (excludes halogenated alkanes) is 27. The Morgan fingerprint density at radius 1 is 0.479 bits per heavy atom. The van der Waals surface area contributed by atoms with Crippen LogP contribution < -0.4 is 0 Å². The van der Waals surface area contributed by atoms with Gasteiger partial charge in [-0.05, 0) is 25.7 Å². The summed E-state index contributed by atoms with van der Waals surface area (Å²) < 4.78 is 6.32. The van der Waals surface area contributed by atoms with Crippen molar-refractivity contribution in [2.75, 3.05) is 0 Å². The molecule has 1 aliphatic heterocycles. The zero-order valence-electron chi connectivity index (χ0n) is 33.0. The average molecular weight is 677 g/mol. The van der Waals surface area contributed by atoms with Crippen molar-refractivity contribution >= 4 is 11.8 Å². The first-order chi connectivity index (χ1) is 23.4. The summed E-state index contributed by atoms with van der Waals surface area (Å²) in [4.78, 5) is 27.4. The van der Waals surface area contributed by atoms with Crippen LogP contribution in [0.3, 0.4) is 0 Å². The molecule has 1 N–H and O–H groups in total. The molecule has 4 nitrogen and oxygen atoms in total. The van der Waals surface area contributed by atoms with Gasteiger partial charge in [-0.15, -0.1) is 0 Å². The van der Waals surface area contributed by atoms with Crippen molar-refractivity contribution in [2.24, 2.45) is 5.41 Å². The van der Waals surface area contributed by atoms with E-state index < -0.39 is 17.0 Å². The second-order valence-electron chi connectivity index (χ2n) is 15.8. The maximum atomic E-state index is 14.4. The first kappa shape index (κ1) is 45.1. The molecule has 0 aliphatic carbocycles. The van der Waals surface area contributed by atoms with Crippen LogP contribution in [0.2, 0.25) is 0 Å². The Balaban J connectivity index is 2.47. The van der Waals surface area contributed by atoms with Crippen molar-refractivity contribution in [3.8, 4) is 0 Å². The number of Topliss-reactive ketones (excluding diaryl/α,β-unsaturated/α-hetero) is 1. The minimum Gasteiger partial charge on any atom is -0.480 e. The Kier molecular flexibility index (Phi) is 28.0. The number of ether oxygens (including phenoxy) is 1. The molecule has 0 aromatic rings. The molecule has 284 valence electrons. The molecule has 1 aliphatic rings. The van der Waals surface area contributed by atoms with Gasteiger partial charge >= 0.3 is 5.97 Å². The maximum Gasteiger partial charge on any atom is 0.317 e. The van der Waals surface area contributed by atoms with Crippen LogP contribution in [0.4, 0.5) is 0 Å². The van der Waals surface area contributed by atoms with Crippen molar-refractivity contribution in [2.45, 2.75) is 264 Å². The minimum absolute atomic E-state index is 0.0825. The molecule has 0 bridgehead atoms. The molecule has 1 fully saturated rings. The van der Waals surface area contributed by atoms with Crippen molar-refractivity contribution < 1.29 is 19.4 Å². The molecule has 3 atom stereocenters. The molecular weight excluding hydrogens is 592 g/mol. The van der Waals surface area contributed by atoms with Gasteiger partial charge in [0.2, 0.25) is 0 Å². The van der Waals surface area contributed by atoms with Gasteiger partial charge in [0.25, 0.3) is 0 Å². The van der Waals surface area contributed by atoms with Crippen molar-refractivity contribution in [3.63, 3.8) is 0 Å². The summed E-state index contributed by atoms with van der Waals surface area (Å²) in [5.41, 5.74) is -2.14. The maximum absolute atomic E-state index is 14.4. The number of carboxylic acid groups (broad SMARTS) is 1. The van der Waals surface area contributed by atoms with Gasteiger partial charge in [-0.1, -0.05) is 227 Å². The summed E-state index contributed by atoms with van der Waals surface area (Å²) in [5.74, 6) is -0.986. The van der Waals surface area contributed by atoms with E-state index in [1.807, 2.05) is 0 Å². The smallest absolute Gasteiger partial charge is 0.317 e. The quantitative estimate of drug-likeness (QED) is 0.0401. The predicted molar refractivity (Wildman–Crippen MR) is 207 cm³/mol. The molecule has 48 heavy (non-hydrogen) atoms. The second-order valence-corrected chi connectivity index (χ2v) is 15.8. The minimum atomic E-state index is -1.29. The van der Waals surface area contributed by atoms with E-state index in [4.69, 9.17) is 4.74 Å². The van der Waals surface area contributed by atoms with E-state index in [0.29, 0.717) is 19.3 Å². The number of hydrogen-bond donors (Lipinski definition) is 1. The lowest BCUT2D eigenvalue weighted by Gasteiger charge is -2.31. The third-order valence-electron chi connectivity index (χ3n) is 11.4. The van der Waals surface area contributed by atoms with Crippen LogP contribution in [0.5, 0.6) is 0 Å². The fourth-order valence-electron chi connectivity index (χ4n) is 8.00. The van der Waals surface area contributed by atoms with E-state index in [1.165, 1.54) is 148 Å². The Bertz CT molecular complexity index is 765. The fourth-order valence-corrected chi connectivity index (χ4v) is 8.00. The number of ketones is 1. The summed E-state index contributed by atoms with van der Waals surface area (Å²) in [6.07, 6.45) is 41.1. The molecule has 0 aromatic heterocycles. The number of carboxylic acids is 1. The molecule has 1 saturated heterocycles. The van der Waals surface area contributed by atoms with Crippen molar-refractivity contribution in [1.29, 1.82) is 0 Å². The highest BCUT2D eigenvalue weighted by molar-refractivity contribution is 6.08. The van der Waals surface area contributed by atoms with Gasteiger partial charge in [-0.25, -0.2) is 0 Å².